The second-order valence-corrected chi connectivity index (χ2v) is 30.8. The Kier molecular flexibility index (Phi) is 10.6. The van der Waals surface area contributed by atoms with Crippen molar-refractivity contribution in [2.45, 2.75) is 116 Å². The Morgan fingerprint density at radius 2 is 1.24 bits per heavy atom. The van der Waals surface area contributed by atoms with Gasteiger partial charge < -0.3 is 27.8 Å². The highest BCUT2D eigenvalue weighted by Gasteiger charge is 2.51. The van der Waals surface area contributed by atoms with E-state index >= 15 is 0 Å². The van der Waals surface area contributed by atoms with E-state index in [2.05, 4.69) is 90.5 Å². The van der Waals surface area contributed by atoms with Crippen molar-refractivity contribution in [3.8, 4) is 0 Å². The number of carbonyl (C=O) groups excluding carboxylic acids is 1. The van der Waals surface area contributed by atoms with Crippen LogP contribution in [0, 0.1) is 0 Å². The summed E-state index contributed by atoms with van der Waals surface area (Å²) in [6.07, 6.45) is -1.81. The van der Waals surface area contributed by atoms with Gasteiger partial charge in [0.2, 0.25) is 5.91 Å². The molecule has 0 bridgehead atoms. The number of amides is 1. The third-order valence-corrected chi connectivity index (χ3v) is 8.39. The molecule has 0 radical (unpaired) electrons. The average molecular weight is 536 g/mol. The van der Waals surface area contributed by atoms with Crippen LogP contribution >= 0.6 is 0 Å². The molecular weight excluding hydrogens is 487 g/mol. The molecule has 1 heterocycles. The van der Waals surface area contributed by atoms with Gasteiger partial charge in [-0.05, 0) is 85.5 Å². The lowest BCUT2D eigenvalue weighted by Crippen LogP contribution is -2.69. The molecule has 0 unspecified atom stereocenters. The first kappa shape index (κ1) is 30.9. The highest BCUT2D eigenvalue weighted by atomic mass is 28.4. The van der Waals surface area contributed by atoms with Gasteiger partial charge in [0.15, 0.2) is 39.6 Å². The van der Waals surface area contributed by atoms with E-state index in [1.54, 1.807) is 6.92 Å². The molecule has 1 N–H and O–H groups in total. The molecule has 194 valence electrons. The molecular formula is C22H49NO6Si4. The van der Waals surface area contributed by atoms with Crippen molar-refractivity contribution in [1.29, 1.82) is 0 Å². The van der Waals surface area contributed by atoms with Crippen molar-refractivity contribution in [2.24, 2.45) is 0 Å². The summed E-state index contributed by atoms with van der Waals surface area (Å²) in [5, 5.41) is 3.11. The second-order valence-electron chi connectivity index (χ2n) is 12.9. The van der Waals surface area contributed by atoms with Crippen LogP contribution in [0.1, 0.15) is 6.92 Å². The van der Waals surface area contributed by atoms with Crippen LogP contribution in [0.15, 0.2) is 12.2 Å². The number of hydrogen-bond donors (Lipinski definition) is 1. The number of ether oxygens (including phenoxy) is 1. The van der Waals surface area contributed by atoms with Crippen molar-refractivity contribution in [3.05, 3.63) is 12.2 Å². The van der Waals surface area contributed by atoms with Crippen LogP contribution < -0.4 is 5.32 Å². The van der Waals surface area contributed by atoms with Gasteiger partial charge in [-0.3, -0.25) is 4.79 Å². The summed E-state index contributed by atoms with van der Waals surface area (Å²) in [7, 11) is -7.83. The molecule has 7 nitrogen and oxygen atoms in total. The fraction of sp³-hybridized carbons (Fsp3) is 0.864. The minimum Gasteiger partial charge on any atom is -0.415 e. The molecule has 1 amide bonds. The lowest BCUT2D eigenvalue weighted by atomic mass is 9.97. The van der Waals surface area contributed by atoms with Gasteiger partial charge in [-0.15, -0.1) is 0 Å². The van der Waals surface area contributed by atoms with Crippen LogP contribution in [-0.2, 0) is 27.2 Å². The van der Waals surface area contributed by atoms with E-state index in [1.807, 2.05) is 0 Å². The Morgan fingerprint density at radius 3 is 1.64 bits per heavy atom. The maximum absolute atomic E-state index is 12.8. The first-order chi connectivity index (χ1) is 14.6. The smallest absolute Gasteiger partial charge is 0.246 e. The van der Waals surface area contributed by atoms with Crippen molar-refractivity contribution >= 4 is 39.2 Å². The minimum atomic E-state index is -2.03. The summed E-state index contributed by atoms with van der Waals surface area (Å²) in [4.78, 5) is 12.8. The molecule has 1 fully saturated rings. The molecule has 33 heavy (non-hydrogen) atoms. The first-order valence-corrected chi connectivity index (χ1v) is 25.5. The maximum Gasteiger partial charge on any atom is 0.246 e. The quantitative estimate of drug-likeness (QED) is 0.299. The summed E-state index contributed by atoms with van der Waals surface area (Å²) in [6.45, 7) is 31.6. The highest BCUT2D eigenvalue weighted by Crippen LogP contribution is 2.33. The van der Waals surface area contributed by atoms with E-state index in [1.165, 1.54) is 0 Å². The molecule has 0 aromatic rings. The van der Waals surface area contributed by atoms with Gasteiger partial charge in [-0.1, -0.05) is 6.58 Å². The summed E-state index contributed by atoms with van der Waals surface area (Å²) in [5.74, 6) is -0.236. The molecule has 1 saturated heterocycles. The van der Waals surface area contributed by atoms with Crippen LogP contribution in [-0.4, -0.2) is 76.4 Å². The largest absolute Gasteiger partial charge is 0.415 e. The maximum atomic E-state index is 12.8. The van der Waals surface area contributed by atoms with Gasteiger partial charge in [-0.2, -0.15) is 0 Å². The third kappa shape index (κ3) is 11.9. The van der Waals surface area contributed by atoms with Gasteiger partial charge in [0.1, 0.15) is 18.2 Å². The lowest BCUT2D eigenvalue weighted by molar-refractivity contribution is -0.238. The second kappa shape index (κ2) is 11.3. The fourth-order valence-electron chi connectivity index (χ4n) is 3.35. The fourth-order valence-corrected chi connectivity index (χ4v) is 7.11. The lowest BCUT2D eigenvalue weighted by Gasteiger charge is -2.51. The Bertz CT molecular complexity index is 678. The van der Waals surface area contributed by atoms with Crippen LogP contribution in [0.25, 0.3) is 0 Å². The summed E-state index contributed by atoms with van der Waals surface area (Å²) < 4.78 is 32.7. The molecule has 1 aliphatic rings. The van der Waals surface area contributed by atoms with E-state index in [0.717, 1.165) is 0 Å². The molecule has 1 aliphatic heterocycles. The van der Waals surface area contributed by atoms with Crippen LogP contribution in [0.4, 0.5) is 0 Å². The number of rotatable bonds is 11. The molecule has 0 saturated carbocycles. The van der Waals surface area contributed by atoms with E-state index in [-0.39, 0.29) is 18.1 Å². The zero-order valence-electron chi connectivity index (χ0n) is 23.3. The Morgan fingerprint density at radius 1 is 0.788 bits per heavy atom. The van der Waals surface area contributed by atoms with Gasteiger partial charge in [0.25, 0.3) is 0 Å². The van der Waals surface area contributed by atoms with Gasteiger partial charge in [0.05, 0.1) is 12.7 Å². The predicted octanol–water partition coefficient (Wildman–Crippen LogP) is 4.92. The molecule has 1 rings (SSSR count). The molecule has 0 aromatic heterocycles. The number of hydrogen-bond acceptors (Lipinski definition) is 6. The normalized spacial score (nSPS) is 27.4. The Hall–Kier alpha value is -0.122. The molecule has 0 aromatic carbocycles. The average Bonchev–Trinajstić information content (AvgIpc) is 2.53. The van der Waals surface area contributed by atoms with Crippen molar-refractivity contribution in [3.63, 3.8) is 0 Å². The molecule has 5 atom stereocenters. The monoisotopic (exact) mass is 535 g/mol. The summed E-state index contributed by atoms with van der Waals surface area (Å²) in [5.41, 5.74) is 0.431. The van der Waals surface area contributed by atoms with Crippen LogP contribution in [0.3, 0.4) is 0 Å². The van der Waals surface area contributed by atoms with Gasteiger partial charge in [-0.25, -0.2) is 0 Å². The first-order valence-electron chi connectivity index (χ1n) is 11.9. The predicted molar refractivity (Wildman–Crippen MR) is 146 cm³/mol. The van der Waals surface area contributed by atoms with Crippen LogP contribution in [0.2, 0.25) is 78.6 Å². The third-order valence-electron chi connectivity index (χ3n) is 4.46. The van der Waals surface area contributed by atoms with Crippen LogP contribution in [0.5, 0.6) is 0 Å². The SMILES string of the molecule is C=C(C)C(=O)N[C@H]1[C@@H](O[Si](C)(C)C)O[C@H](CO[Si](C)(C)C)[C@@H](O[Si](C)(C)C)[C@@H]1O[Si](C)(C)C. The molecule has 0 spiro atoms. The minimum absolute atomic E-state index is 0.236. The Balaban J connectivity index is 3.53. The molecule has 0 aliphatic carbocycles. The number of carbonyl (C=O) groups is 1. The van der Waals surface area contributed by atoms with E-state index in [4.69, 9.17) is 22.4 Å². The summed E-state index contributed by atoms with van der Waals surface area (Å²) >= 11 is 0. The van der Waals surface area contributed by atoms with Gasteiger partial charge >= 0.3 is 0 Å². The highest BCUT2D eigenvalue weighted by molar-refractivity contribution is 6.71. The topological polar surface area (TPSA) is 75.3 Å². The zero-order valence-corrected chi connectivity index (χ0v) is 27.3. The standard InChI is InChI=1S/C22H49NO6Si4/c1-16(2)21(24)23-18-20(28-32(9,10)11)19(27-31(6,7)8)17(15-25-30(3,4)5)26-22(18)29-33(12,13)14/h17-20,22H,1,15H2,2-14H3,(H,23,24)/t17-,18-,19-,20-,22-/m1/s1. The zero-order chi connectivity index (χ0) is 26.0. The van der Waals surface area contributed by atoms with Crippen molar-refractivity contribution in [1.82, 2.24) is 5.32 Å². The molecule has 11 heteroatoms. The van der Waals surface area contributed by atoms with E-state index < -0.39 is 51.7 Å². The van der Waals surface area contributed by atoms with E-state index in [0.29, 0.717) is 12.2 Å². The van der Waals surface area contributed by atoms with Gasteiger partial charge in [0, 0.05) is 5.57 Å². The summed E-state index contributed by atoms with van der Waals surface area (Å²) in [6, 6.07) is -0.517. The van der Waals surface area contributed by atoms with Crippen molar-refractivity contribution < 1.29 is 27.2 Å². The van der Waals surface area contributed by atoms with E-state index in [9.17, 15) is 4.79 Å². The Labute approximate surface area is 206 Å². The number of nitrogens with one attached hydrogen (secondary N) is 1. The van der Waals surface area contributed by atoms with Crippen molar-refractivity contribution in [2.75, 3.05) is 6.61 Å².